The van der Waals surface area contributed by atoms with Gasteiger partial charge in [-0.25, -0.2) is 0 Å². The number of nitrogens with two attached hydrogens (primary N) is 1. The summed E-state index contributed by atoms with van der Waals surface area (Å²) in [4.78, 5) is 13.8. The van der Waals surface area contributed by atoms with Crippen molar-refractivity contribution in [2.45, 2.75) is 45.6 Å². The molecule has 2 rings (SSSR count). The quantitative estimate of drug-likeness (QED) is 0.889. The third kappa shape index (κ3) is 2.72. The van der Waals surface area contributed by atoms with Crippen LogP contribution in [0.3, 0.4) is 0 Å². The fourth-order valence-electron chi connectivity index (χ4n) is 2.60. The minimum absolute atomic E-state index is 0.181. The van der Waals surface area contributed by atoms with Gasteiger partial charge in [0.25, 0.3) is 0 Å². The molecule has 1 aromatic rings. The van der Waals surface area contributed by atoms with Crippen molar-refractivity contribution in [1.82, 2.24) is 0 Å². The fourth-order valence-corrected chi connectivity index (χ4v) is 2.60. The molecule has 1 aliphatic heterocycles. The average Bonchev–Trinajstić information content (AvgIpc) is 2.36. The molecule has 1 unspecified atom stereocenters. The zero-order valence-corrected chi connectivity index (χ0v) is 11.3. The largest absolute Gasteiger partial charge is 0.328 e. The van der Waals surface area contributed by atoms with Gasteiger partial charge in [0.05, 0.1) is 0 Å². The zero-order valence-electron chi connectivity index (χ0n) is 11.3. The molecule has 3 nitrogen and oxygen atoms in total. The Morgan fingerprint density at radius 1 is 1.50 bits per heavy atom. The molecule has 1 aromatic carbocycles. The maximum absolute atomic E-state index is 11.9. The normalized spacial score (nSPS) is 16.3. The molecule has 0 saturated heterocycles. The van der Waals surface area contributed by atoms with Crippen LogP contribution >= 0.6 is 0 Å². The van der Waals surface area contributed by atoms with Gasteiger partial charge in [0.1, 0.15) is 0 Å². The smallest absolute Gasteiger partial charge is 0.226 e. The summed E-state index contributed by atoms with van der Waals surface area (Å²) >= 11 is 0. The van der Waals surface area contributed by atoms with E-state index in [1.807, 2.05) is 18.7 Å². The van der Waals surface area contributed by atoms with Crippen molar-refractivity contribution in [3.8, 4) is 0 Å². The molecule has 0 spiro atoms. The Bertz CT molecular complexity index is 440. The predicted octanol–water partition coefficient (Wildman–Crippen LogP) is 2.27. The molecule has 1 amide bonds. The van der Waals surface area contributed by atoms with Crippen molar-refractivity contribution in [3.05, 3.63) is 29.3 Å². The molecule has 98 valence electrons. The summed E-state index contributed by atoms with van der Waals surface area (Å²) in [6.07, 6.45) is 3.59. The first-order valence-electron chi connectivity index (χ1n) is 6.79. The van der Waals surface area contributed by atoms with E-state index in [-0.39, 0.29) is 11.9 Å². The third-order valence-electron chi connectivity index (χ3n) is 3.42. The summed E-state index contributed by atoms with van der Waals surface area (Å²) in [7, 11) is 0. The Morgan fingerprint density at radius 2 is 2.28 bits per heavy atom. The molecule has 18 heavy (non-hydrogen) atoms. The lowest BCUT2D eigenvalue weighted by Gasteiger charge is -2.29. The Labute approximate surface area is 109 Å². The number of hydrogen-bond donors (Lipinski definition) is 1. The molecular formula is C15H22N2O. The van der Waals surface area contributed by atoms with E-state index in [9.17, 15) is 4.79 Å². The maximum atomic E-state index is 11.9. The second-order valence-electron chi connectivity index (χ2n) is 5.15. The molecule has 1 atom stereocenters. The van der Waals surface area contributed by atoms with Gasteiger partial charge < -0.3 is 10.6 Å². The molecule has 3 heteroatoms. The number of carbonyl (C=O) groups is 1. The fraction of sp³-hybridized carbons (Fsp3) is 0.533. The van der Waals surface area contributed by atoms with Gasteiger partial charge >= 0.3 is 0 Å². The van der Waals surface area contributed by atoms with Gasteiger partial charge in [0.2, 0.25) is 5.91 Å². The van der Waals surface area contributed by atoms with Gasteiger partial charge in [-0.1, -0.05) is 19.1 Å². The molecule has 0 fully saturated rings. The molecule has 0 aliphatic carbocycles. The van der Waals surface area contributed by atoms with Crippen LogP contribution in [0.1, 0.15) is 37.8 Å². The molecular weight excluding hydrogens is 224 g/mol. The third-order valence-corrected chi connectivity index (χ3v) is 3.42. The summed E-state index contributed by atoms with van der Waals surface area (Å²) in [5.74, 6) is 0.218. The van der Waals surface area contributed by atoms with E-state index in [1.54, 1.807) is 0 Å². The van der Waals surface area contributed by atoms with E-state index in [1.165, 1.54) is 11.1 Å². The van der Waals surface area contributed by atoms with E-state index < -0.39 is 0 Å². The van der Waals surface area contributed by atoms with Crippen LogP contribution in [-0.4, -0.2) is 18.5 Å². The highest BCUT2D eigenvalue weighted by atomic mass is 16.2. The molecule has 1 heterocycles. The van der Waals surface area contributed by atoms with Gasteiger partial charge in [-0.3, -0.25) is 4.79 Å². The highest BCUT2D eigenvalue weighted by Crippen LogP contribution is 2.28. The minimum atomic E-state index is 0.181. The van der Waals surface area contributed by atoms with Crippen molar-refractivity contribution < 1.29 is 4.79 Å². The number of carbonyl (C=O) groups excluding carboxylic acids is 1. The summed E-state index contributed by atoms with van der Waals surface area (Å²) in [6.45, 7) is 4.79. The van der Waals surface area contributed by atoms with Gasteiger partial charge in [-0.15, -0.1) is 0 Å². The average molecular weight is 246 g/mol. The topological polar surface area (TPSA) is 46.3 Å². The first kappa shape index (κ1) is 13.1. The van der Waals surface area contributed by atoms with Crippen molar-refractivity contribution in [2.75, 3.05) is 11.4 Å². The van der Waals surface area contributed by atoms with Crippen molar-refractivity contribution in [1.29, 1.82) is 0 Å². The highest BCUT2D eigenvalue weighted by molar-refractivity contribution is 5.94. The minimum Gasteiger partial charge on any atom is -0.328 e. The number of rotatable bonds is 3. The van der Waals surface area contributed by atoms with E-state index in [0.29, 0.717) is 6.42 Å². The second kappa shape index (κ2) is 5.53. The van der Waals surface area contributed by atoms with E-state index in [0.717, 1.165) is 31.5 Å². The Kier molecular flexibility index (Phi) is 4.02. The van der Waals surface area contributed by atoms with Crippen LogP contribution in [0.2, 0.25) is 0 Å². The summed E-state index contributed by atoms with van der Waals surface area (Å²) < 4.78 is 0. The van der Waals surface area contributed by atoms with Crippen LogP contribution in [-0.2, 0) is 17.6 Å². The van der Waals surface area contributed by atoms with E-state index in [4.69, 9.17) is 5.73 Å². The van der Waals surface area contributed by atoms with E-state index in [2.05, 4.69) is 18.2 Å². The first-order valence-corrected chi connectivity index (χ1v) is 6.79. The summed E-state index contributed by atoms with van der Waals surface area (Å²) in [5, 5.41) is 0. The number of aryl methyl sites for hydroxylation is 1. The Balaban J connectivity index is 2.27. The van der Waals surface area contributed by atoms with Crippen molar-refractivity contribution >= 4 is 11.6 Å². The van der Waals surface area contributed by atoms with Crippen LogP contribution in [0.25, 0.3) is 0 Å². The zero-order chi connectivity index (χ0) is 13.1. The molecule has 1 aliphatic rings. The standard InChI is InChI=1S/C15H22N2O/c1-3-15(18)17-8-4-5-13-10-12(9-11(2)16)6-7-14(13)17/h6-7,10-11H,3-5,8-9,16H2,1-2H3. The molecule has 2 N–H and O–H groups in total. The van der Waals surface area contributed by atoms with Gasteiger partial charge in [-0.05, 0) is 43.4 Å². The predicted molar refractivity (Wildman–Crippen MR) is 74.8 cm³/mol. The SMILES string of the molecule is CCC(=O)N1CCCc2cc(CC(C)N)ccc21. The van der Waals surface area contributed by atoms with Crippen LogP contribution < -0.4 is 10.6 Å². The molecule has 0 bridgehead atoms. The van der Waals surface area contributed by atoms with Crippen LogP contribution in [0.4, 0.5) is 5.69 Å². The monoisotopic (exact) mass is 246 g/mol. The molecule has 0 saturated carbocycles. The van der Waals surface area contributed by atoms with Gasteiger partial charge in [0.15, 0.2) is 0 Å². The second-order valence-corrected chi connectivity index (χ2v) is 5.15. The summed E-state index contributed by atoms with van der Waals surface area (Å²) in [6, 6.07) is 6.58. The molecule has 0 aromatic heterocycles. The van der Waals surface area contributed by atoms with Crippen LogP contribution in [0.5, 0.6) is 0 Å². The highest BCUT2D eigenvalue weighted by Gasteiger charge is 2.21. The Hall–Kier alpha value is -1.35. The first-order chi connectivity index (χ1) is 8.61. The van der Waals surface area contributed by atoms with Crippen LogP contribution in [0.15, 0.2) is 18.2 Å². The number of amides is 1. The lowest BCUT2D eigenvalue weighted by molar-refractivity contribution is -0.118. The lowest BCUT2D eigenvalue weighted by atomic mass is 9.96. The number of hydrogen-bond acceptors (Lipinski definition) is 2. The van der Waals surface area contributed by atoms with Gasteiger partial charge in [0, 0.05) is 24.7 Å². The van der Waals surface area contributed by atoms with Crippen LogP contribution in [0, 0.1) is 0 Å². The number of nitrogens with zero attached hydrogens (tertiary/aromatic N) is 1. The van der Waals surface area contributed by atoms with Crippen molar-refractivity contribution in [2.24, 2.45) is 5.73 Å². The lowest BCUT2D eigenvalue weighted by Crippen LogP contribution is -2.35. The number of anilines is 1. The van der Waals surface area contributed by atoms with E-state index >= 15 is 0 Å². The summed E-state index contributed by atoms with van der Waals surface area (Å²) in [5.41, 5.74) is 9.50. The van der Waals surface area contributed by atoms with Crippen molar-refractivity contribution in [3.63, 3.8) is 0 Å². The number of fused-ring (bicyclic) bond motifs is 1. The Morgan fingerprint density at radius 3 is 2.94 bits per heavy atom. The molecule has 0 radical (unpaired) electrons. The van der Waals surface area contributed by atoms with Gasteiger partial charge in [-0.2, -0.15) is 0 Å². The maximum Gasteiger partial charge on any atom is 0.226 e. The number of benzene rings is 1.